The van der Waals surface area contributed by atoms with Crippen molar-refractivity contribution in [3.8, 4) is 11.5 Å². The largest absolute Gasteiger partial charge is 0.494 e. The number of methoxy groups -OCH3 is 1. The van der Waals surface area contributed by atoms with E-state index in [1.165, 1.54) is 30.9 Å². The summed E-state index contributed by atoms with van der Waals surface area (Å²) < 4.78 is 10.8. The van der Waals surface area contributed by atoms with Crippen LogP contribution in [-0.4, -0.2) is 24.0 Å². The first-order valence-corrected chi connectivity index (χ1v) is 8.33. The van der Waals surface area contributed by atoms with Crippen molar-refractivity contribution in [3.63, 3.8) is 0 Å². The number of non-ortho nitro benzene ring substituents is 1. The van der Waals surface area contributed by atoms with Crippen LogP contribution in [0, 0.1) is 10.1 Å². The van der Waals surface area contributed by atoms with Crippen molar-refractivity contribution >= 4 is 17.3 Å². The van der Waals surface area contributed by atoms with Crippen LogP contribution in [0.4, 0.5) is 11.4 Å². The Morgan fingerprint density at radius 2 is 1.92 bits per heavy atom. The van der Waals surface area contributed by atoms with Crippen LogP contribution in [-0.2, 0) is 11.2 Å². The average Bonchev–Trinajstić information content (AvgIpc) is 2.63. The van der Waals surface area contributed by atoms with Gasteiger partial charge in [-0.2, -0.15) is 0 Å². The SMILES string of the molecule is CCCc1ccc(OC(C)C(=O)Nc2ccc([N+](=O)[O-])cc2OC)cc1. The van der Waals surface area contributed by atoms with Gasteiger partial charge in [0.1, 0.15) is 11.5 Å². The highest BCUT2D eigenvalue weighted by Gasteiger charge is 2.18. The molecule has 0 fully saturated rings. The summed E-state index contributed by atoms with van der Waals surface area (Å²) in [6, 6.07) is 11.6. The van der Waals surface area contributed by atoms with Gasteiger partial charge in [0, 0.05) is 6.07 Å². The van der Waals surface area contributed by atoms with Crippen LogP contribution in [0.3, 0.4) is 0 Å². The number of hydrogen-bond acceptors (Lipinski definition) is 5. The molecule has 1 N–H and O–H groups in total. The monoisotopic (exact) mass is 358 g/mol. The molecule has 2 aromatic carbocycles. The minimum atomic E-state index is -0.744. The number of nitrogens with one attached hydrogen (secondary N) is 1. The lowest BCUT2D eigenvalue weighted by molar-refractivity contribution is -0.384. The van der Waals surface area contributed by atoms with Crippen LogP contribution in [0.1, 0.15) is 25.8 Å². The van der Waals surface area contributed by atoms with Gasteiger partial charge in [0.2, 0.25) is 0 Å². The van der Waals surface area contributed by atoms with Crippen molar-refractivity contribution in [1.82, 2.24) is 0 Å². The van der Waals surface area contributed by atoms with Crippen molar-refractivity contribution in [2.24, 2.45) is 0 Å². The van der Waals surface area contributed by atoms with E-state index >= 15 is 0 Å². The third-order valence-corrected chi connectivity index (χ3v) is 3.80. The Labute approximate surface area is 152 Å². The molecule has 0 saturated heterocycles. The molecule has 26 heavy (non-hydrogen) atoms. The summed E-state index contributed by atoms with van der Waals surface area (Å²) in [5, 5.41) is 13.5. The summed E-state index contributed by atoms with van der Waals surface area (Å²) in [4.78, 5) is 22.6. The van der Waals surface area contributed by atoms with E-state index in [9.17, 15) is 14.9 Å². The fourth-order valence-electron chi connectivity index (χ4n) is 2.41. The molecule has 0 spiro atoms. The number of nitrogens with zero attached hydrogens (tertiary/aromatic N) is 1. The predicted octanol–water partition coefficient (Wildman–Crippen LogP) is 3.96. The number of aryl methyl sites for hydroxylation is 1. The Morgan fingerprint density at radius 1 is 1.23 bits per heavy atom. The van der Waals surface area contributed by atoms with Crippen molar-refractivity contribution in [1.29, 1.82) is 0 Å². The van der Waals surface area contributed by atoms with E-state index in [0.717, 1.165) is 12.8 Å². The maximum absolute atomic E-state index is 12.3. The van der Waals surface area contributed by atoms with Crippen molar-refractivity contribution in [3.05, 3.63) is 58.1 Å². The van der Waals surface area contributed by atoms with Crippen LogP contribution >= 0.6 is 0 Å². The highest BCUT2D eigenvalue weighted by Crippen LogP contribution is 2.29. The zero-order valence-corrected chi connectivity index (χ0v) is 15.0. The van der Waals surface area contributed by atoms with Gasteiger partial charge < -0.3 is 14.8 Å². The number of benzene rings is 2. The maximum atomic E-state index is 12.3. The average molecular weight is 358 g/mol. The molecule has 7 nitrogen and oxygen atoms in total. The van der Waals surface area contributed by atoms with E-state index in [1.54, 1.807) is 6.92 Å². The van der Waals surface area contributed by atoms with Gasteiger partial charge in [-0.1, -0.05) is 25.5 Å². The number of amides is 1. The summed E-state index contributed by atoms with van der Waals surface area (Å²) in [6.45, 7) is 3.75. The van der Waals surface area contributed by atoms with Crippen LogP contribution in [0.2, 0.25) is 0 Å². The summed E-state index contributed by atoms with van der Waals surface area (Å²) in [6.07, 6.45) is 1.32. The second kappa shape index (κ2) is 8.84. The normalized spacial score (nSPS) is 11.5. The van der Waals surface area contributed by atoms with Crippen molar-refractivity contribution in [2.45, 2.75) is 32.8 Å². The molecule has 1 atom stereocenters. The van der Waals surface area contributed by atoms with E-state index in [2.05, 4.69) is 12.2 Å². The quantitative estimate of drug-likeness (QED) is 0.570. The minimum absolute atomic E-state index is 0.115. The molecular formula is C19H22N2O5. The standard InChI is InChI=1S/C19H22N2O5/c1-4-5-14-6-9-16(10-7-14)26-13(2)19(22)20-17-11-8-15(21(23)24)12-18(17)25-3/h6-13H,4-5H2,1-3H3,(H,20,22). The second-order valence-electron chi connectivity index (χ2n) is 5.78. The second-order valence-corrected chi connectivity index (χ2v) is 5.78. The van der Waals surface area contributed by atoms with Gasteiger partial charge in [-0.25, -0.2) is 0 Å². The molecule has 0 radical (unpaired) electrons. The van der Waals surface area contributed by atoms with E-state index in [0.29, 0.717) is 11.4 Å². The first-order valence-electron chi connectivity index (χ1n) is 8.33. The number of carbonyl (C=O) groups is 1. The molecule has 0 bridgehead atoms. The van der Waals surface area contributed by atoms with Gasteiger partial charge >= 0.3 is 0 Å². The predicted molar refractivity (Wildman–Crippen MR) is 98.8 cm³/mol. The lowest BCUT2D eigenvalue weighted by atomic mass is 10.1. The van der Waals surface area contributed by atoms with Crippen LogP contribution in [0.5, 0.6) is 11.5 Å². The zero-order valence-electron chi connectivity index (χ0n) is 15.0. The Kier molecular flexibility index (Phi) is 6.54. The molecule has 2 rings (SSSR count). The number of ether oxygens (including phenoxy) is 2. The van der Waals surface area contributed by atoms with Gasteiger partial charge in [-0.3, -0.25) is 14.9 Å². The minimum Gasteiger partial charge on any atom is -0.494 e. The fourth-order valence-corrected chi connectivity index (χ4v) is 2.41. The molecule has 2 aromatic rings. The molecule has 138 valence electrons. The number of anilines is 1. The first kappa shape index (κ1) is 19.2. The van der Waals surface area contributed by atoms with Gasteiger partial charge in [0.15, 0.2) is 6.10 Å². The highest BCUT2D eigenvalue weighted by molar-refractivity contribution is 5.95. The molecule has 0 aliphatic rings. The Bertz CT molecular complexity index is 774. The Morgan fingerprint density at radius 3 is 2.50 bits per heavy atom. The summed E-state index contributed by atoms with van der Waals surface area (Å²) in [5.41, 5.74) is 1.45. The summed E-state index contributed by atoms with van der Waals surface area (Å²) in [7, 11) is 1.38. The summed E-state index contributed by atoms with van der Waals surface area (Å²) in [5.74, 6) is 0.432. The van der Waals surface area contributed by atoms with Gasteiger partial charge in [-0.15, -0.1) is 0 Å². The van der Waals surface area contributed by atoms with Crippen LogP contribution in [0.25, 0.3) is 0 Å². The fraction of sp³-hybridized carbons (Fsp3) is 0.316. The molecule has 0 aromatic heterocycles. The van der Waals surface area contributed by atoms with Gasteiger partial charge in [0.05, 0.1) is 23.8 Å². The van der Waals surface area contributed by atoms with E-state index < -0.39 is 11.0 Å². The number of hydrogen-bond donors (Lipinski definition) is 1. The Balaban J connectivity index is 2.03. The molecule has 0 saturated carbocycles. The number of nitro groups is 1. The molecular weight excluding hydrogens is 336 g/mol. The number of carbonyl (C=O) groups excluding carboxylic acids is 1. The molecule has 0 aliphatic heterocycles. The van der Waals surface area contributed by atoms with E-state index in [4.69, 9.17) is 9.47 Å². The van der Waals surface area contributed by atoms with Crippen molar-refractivity contribution in [2.75, 3.05) is 12.4 Å². The van der Waals surface area contributed by atoms with Crippen LogP contribution < -0.4 is 14.8 Å². The molecule has 1 amide bonds. The maximum Gasteiger partial charge on any atom is 0.273 e. The van der Waals surface area contributed by atoms with E-state index in [1.807, 2.05) is 24.3 Å². The third-order valence-electron chi connectivity index (χ3n) is 3.80. The van der Waals surface area contributed by atoms with Gasteiger partial charge in [-0.05, 0) is 37.1 Å². The summed E-state index contributed by atoms with van der Waals surface area (Å²) >= 11 is 0. The van der Waals surface area contributed by atoms with E-state index in [-0.39, 0.29) is 17.3 Å². The zero-order chi connectivity index (χ0) is 19.1. The highest BCUT2D eigenvalue weighted by atomic mass is 16.6. The molecule has 1 unspecified atom stereocenters. The third kappa shape index (κ3) is 4.95. The lowest BCUT2D eigenvalue weighted by Crippen LogP contribution is -2.30. The first-order chi connectivity index (χ1) is 12.4. The number of rotatable bonds is 8. The molecule has 0 aliphatic carbocycles. The molecule has 0 heterocycles. The topological polar surface area (TPSA) is 90.7 Å². The Hall–Kier alpha value is -3.09. The van der Waals surface area contributed by atoms with Crippen LogP contribution in [0.15, 0.2) is 42.5 Å². The lowest BCUT2D eigenvalue weighted by Gasteiger charge is -2.16. The number of nitro benzene ring substituents is 1. The molecule has 7 heteroatoms. The smallest absolute Gasteiger partial charge is 0.273 e. The van der Waals surface area contributed by atoms with Gasteiger partial charge in [0.25, 0.3) is 11.6 Å². The van der Waals surface area contributed by atoms with Crippen molar-refractivity contribution < 1.29 is 19.2 Å².